The molecular formula is C51H88Si7. The molecule has 0 heterocycles. The molecule has 0 atom stereocenters. The van der Waals surface area contributed by atoms with E-state index in [4.69, 9.17) is 0 Å². The lowest BCUT2D eigenvalue weighted by Gasteiger charge is -2.52. The number of hydrogen-bond acceptors (Lipinski definition) is 0. The second-order valence-electron chi connectivity index (χ2n) is 25.3. The molecular weight excluding hydrogens is 809 g/mol. The molecule has 0 amide bonds. The highest BCUT2D eigenvalue weighted by atomic mass is 28.3. The highest BCUT2D eigenvalue weighted by Crippen LogP contribution is 2.47. The lowest BCUT2D eigenvalue weighted by molar-refractivity contribution is 1.09. The van der Waals surface area contributed by atoms with Gasteiger partial charge in [0, 0.05) is 5.54 Å². The molecule has 0 radical (unpaired) electrons. The monoisotopic (exact) mass is 897 g/mol. The molecule has 320 valence electrons. The van der Waals surface area contributed by atoms with Crippen LogP contribution in [0.25, 0.3) is 0 Å². The van der Waals surface area contributed by atoms with Gasteiger partial charge in [0.25, 0.3) is 0 Å². The molecule has 1 aliphatic rings. The minimum Gasteiger partial charge on any atom is -0.0656 e. The van der Waals surface area contributed by atoms with Crippen molar-refractivity contribution in [1.82, 2.24) is 0 Å². The van der Waals surface area contributed by atoms with Crippen LogP contribution in [-0.2, 0) is 0 Å². The Morgan fingerprint density at radius 3 is 0.603 bits per heavy atom. The van der Waals surface area contributed by atoms with Crippen LogP contribution in [0.1, 0.15) is 61.1 Å². The van der Waals surface area contributed by atoms with E-state index in [0.717, 1.165) is 0 Å². The fraction of sp³-hybridized carbons (Fsp3) is 0.569. The normalized spacial score (nSPS) is 15.7. The molecule has 58 heavy (non-hydrogen) atoms. The molecule has 0 N–H and O–H groups in total. The standard InChI is InChI=1S/C51H88Si7/c1-32-29-35(4)45(49(55(20,21)22)42(32)52(11,12)13)58(48-40(9)38(7)39(8)41(48)10,46-36(5)30-33(2)43(53(14,15)16)50(46)56(23,24)25)47-37(6)31-34(3)44(54(17,18)19)51(47)57(26,27)28/h29-31,48H,1-28H3. The smallest absolute Gasteiger partial charge is 0.0656 e. The molecule has 0 nitrogen and oxygen atoms in total. The van der Waals surface area contributed by atoms with E-state index in [-0.39, 0.29) is 0 Å². The quantitative estimate of drug-likeness (QED) is 0.141. The van der Waals surface area contributed by atoms with Gasteiger partial charge in [-0.05, 0) is 95.9 Å². The summed E-state index contributed by atoms with van der Waals surface area (Å²) in [5.74, 6) is 0. The van der Waals surface area contributed by atoms with E-state index in [1.165, 1.54) is 0 Å². The van der Waals surface area contributed by atoms with Crippen molar-refractivity contribution in [3.8, 4) is 0 Å². The third-order valence-corrected chi connectivity index (χ3v) is 33.9. The third kappa shape index (κ3) is 8.19. The van der Waals surface area contributed by atoms with Crippen molar-refractivity contribution in [3.05, 3.63) is 73.9 Å². The zero-order valence-electron chi connectivity index (χ0n) is 43.3. The number of rotatable bonds is 10. The molecule has 0 bridgehead atoms. The van der Waals surface area contributed by atoms with Gasteiger partial charge in [-0.15, -0.1) is 0 Å². The third-order valence-electron chi connectivity index (χ3n) is 13.9. The maximum Gasteiger partial charge on any atom is 0.159 e. The van der Waals surface area contributed by atoms with Crippen LogP contribution in [0.2, 0.25) is 123 Å². The highest BCUT2D eigenvalue weighted by Gasteiger charge is 2.58. The summed E-state index contributed by atoms with van der Waals surface area (Å²) in [6.07, 6.45) is 0. The molecule has 7 heteroatoms. The second-order valence-corrected chi connectivity index (χ2v) is 59.0. The summed E-state index contributed by atoms with van der Waals surface area (Å²) in [5.41, 5.74) is 16.2. The van der Waals surface area contributed by atoms with Crippen molar-refractivity contribution in [2.45, 2.75) is 193 Å². The Hall–Kier alpha value is -1.34. The first-order chi connectivity index (χ1) is 25.8. The number of allylic oxidation sites excluding steroid dienone is 4. The Morgan fingerprint density at radius 1 is 0.259 bits per heavy atom. The van der Waals surface area contributed by atoms with Crippen molar-refractivity contribution >= 4 is 103 Å². The van der Waals surface area contributed by atoms with Gasteiger partial charge in [-0.25, -0.2) is 0 Å². The summed E-state index contributed by atoms with van der Waals surface area (Å²) in [4.78, 5) is 0. The summed E-state index contributed by atoms with van der Waals surface area (Å²) < 4.78 is 0. The van der Waals surface area contributed by atoms with Crippen LogP contribution in [0.3, 0.4) is 0 Å². The van der Waals surface area contributed by atoms with Gasteiger partial charge in [0.1, 0.15) is 0 Å². The van der Waals surface area contributed by atoms with Crippen LogP contribution in [-0.4, -0.2) is 56.5 Å². The lowest BCUT2D eigenvalue weighted by atomic mass is 10.1. The Bertz CT molecular complexity index is 1990. The summed E-state index contributed by atoms with van der Waals surface area (Å²) in [7, 11) is -14.7. The van der Waals surface area contributed by atoms with Gasteiger partial charge in [0.2, 0.25) is 0 Å². The van der Waals surface area contributed by atoms with Crippen LogP contribution in [0, 0.1) is 41.5 Å². The van der Waals surface area contributed by atoms with Crippen LogP contribution < -0.4 is 46.7 Å². The fourth-order valence-electron chi connectivity index (χ4n) is 12.4. The largest absolute Gasteiger partial charge is 0.159 e. The van der Waals surface area contributed by atoms with Crippen molar-refractivity contribution < 1.29 is 0 Å². The van der Waals surface area contributed by atoms with E-state index in [1.807, 2.05) is 31.1 Å². The summed E-state index contributed by atoms with van der Waals surface area (Å²) in [6.45, 7) is 73.7. The first kappa shape index (κ1) is 49.3. The molecule has 0 fully saturated rings. The Labute approximate surface area is 367 Å². The number of hydrogen-bond donors (Lipinski definition) is 0. The van der Waals surface area contributed by atoms with Crippen LogP contribution in [0.5, 0.6) is 0 Å². The SMILES string of the molecule is CC1=C(C)C([Si](c2c(C)cc(C)c([Si](C)(C)C)c2[Si](C)(C)C)(c2c(C)cc(C)c([Si](C)(C)C)c2[Si](C)(C)C)c2c(C)cc(C)c([Si](C)(C)C)c2[Si](C)(C)C)C(C)=C1C. The van der Waals surface area contributed by atoms with Gasteiger partial charge in [0.15, 0.2) is 8.07 Å². The van der Waals surface area contributed by atoms with Crippen molar-refractivity contribution in [3.63, 3.8) is 0 Å². The van der Waals surface area contributed by atoms with Crippen molar-refractivity contribution in [1.29, 1.82) is 0 Å². The zero-order valence-corrected chi connectivity index (χ0v) is 50.3. The molecule has 0 aliphatic heterocycles. The summed E-state index contributed by atoms with van der Waals surface area (Å²) >= 11 is 0. The molecule has 0 spiro atoms. The molecule has 0 aromatic heterocycles. The van der Waals surface area contributed by atoms with Crippen molar-refractivity contribution in [2.75, 3.05) is 0 Å². The van der Waals surface area contributed by atoms with Gasteiger partial charge in [0.05, 0.1) is 48.4 Å². The molecule has 3 aromatic rings. The molecule has 0 saturated heterocycles. The first-order valence-corrected chi connectivity index (χ1v) is 45.7. The topological polar surface area (TPSA) is 0 Å². The molecule has 0 unspecified atom stereocenters. The fourth-order valence-corrected chi connectivity index (χ4v) is 43.8. The van der Waals surface area contributed by atoms with Gasteiger partial charge in [-0.1, -0.05) is 212 Å². The minimum atomic E-state index is -3.14. The average Bonchev–Trinajstić information content (AvgIpc) is 3.17. The highest BCUT2D eigenvalue weighted by molar-refractivity contribution is 7.22. The van der Waals surface area contributed by atoms with E-state index in [0.29, 0.717) is 5.54 Å². The van der Waals surface area contributed by atoms with E-state index < -0.39 is 56.5 Å². The maximum absolute atomic E-state index is 3.14. The molecule has 4 rings (SSSR count). The minimum absolute atomic E-state index is 0.357. The van der Waals surface area contributed by atoms with Gasteiger partial charge < -0.3 is 0 Å². The Balaban J connectivity index is 2.88. The average molecular weight is 898 g/mol. The first-order valence-electron chi connectivity index (χ1n) is 22.6. The van der Waals surface area contributed by atoms with E-state index >= 15 is 0 Å². The summed E-state index contributed by atoms with van der Waals surface area (Å²) in [6, 6.07) is 8.15. The Morgan fingerprint density at radius 2 is 0.431 bits per heavy atom. The van der Waals surface area contributed by atoms with Gasteiger partial charge in [-0.3, -0.25) is 0 Å². The zero-order chi connectivity index (χ0) is 45.2. The molecule has 3 aromatic carbocycles. The van der Waals surface area contributed by atoms with E-state index in [9.17, 15) is 0 Å². The van der Waals surface area contributed by atoms with E-state index in [1.54, 1.807) is 71.2 Å². The van der Waals surface area contributed by atoms with Gasteiger partial charge >= 0.3 is 0 Å². The molecule has 1 aliphatic carbocycles. The van der Waals surface area contributed by atoms with E-state index in [2.05, 4.69) is 205 Å². The maximum atomic E-state index is 2.72. The second kappa shape index (κ2) is 15.5. The number of aryl methyl sites for hydroxylation is 6. The lowest BCUT2D eigenvalue weighted by Crippen LogP contribution is -2.87. The number of benzene rings is 3. The predicted molar refractivity (Wildman–Crippen MR) is 291 cm³/mol. The predicted octanol–water partition coefficient (Wildman–Crippen LogP) is 10.3. The van der Waals surface area contributed by atoms with Gasteiger partial charge in [-0.2, -0.15) is 0 Å². The summed E-state index contributed by atoms with van der Waals surface area (Å²) in [5, 5.41) is 16.5. The van der Waals surface area contributed by atoms with Crippen LogP contribution >= 0.6 is 0 Å². The Kier molecular flexibility index (Phi) is 13.2. The van der Waals surface area contributed by atoms with Crippen LogP contribution in [0.15, 0.2) is 40.5 Å². The van der Waals surface area contributed by atoms with Crippen molar-refractivity contribution in [2.24, 2.45) is 0 Å². The van der Waals surface area contributed by atoms with Crippen LogP contribution in [0.4, 0.5) is 0 Å². The molecule has 0 saturated carbocycles.